The fourth-order valence-electron chi connectivity index (χ4n) is 3.06. The Bertz CT molecular complexity index is 810. The van der Waals surface area contributed by atoms with Crippen LogP contribution in [0.3, 0.4) is 0 Å². The van der Waals surface area contributed by atoms with E-state index < -0.39 is 12.1 Å². The van der Waals surface area contributed by atoms with E-state index in [9.17, 15) is 14.4 Å². The molecule has 2 unspecified atom stereocenters. The molecule has 140 valence electrons. The number of urea groups is 1. The Morgan fingerprint density at radius 3 is 2.59 bits per heavy atom. The number of imide groups is 1. The summed E-state index contributed by atoms with van der Waals surface area (Å²) in [7, 11) is 0. The Labute approximate surface area is 157 Å². The number of hydrogen-bond donors (Lipinski definition) is 2. The second-order valence-electron chi connectivity index (χ2n) is 6.47. The lowest BCUT2D eigenvalue weighted by molar-refractivity contribution is -0.129. The van der Waals surface area contributed by atoms with Gasteiger partial charge in [-0.05, 0) is 36.6 Å². The van der Waals surface area contributed by atoms with Crippen molar-refractivity contribution in [3.05, 3.63) is 66.0 Å². The summed E-state index contributed by atoms with van der Waals surface area (Å²) in [6.45, 7) is 2.22. The van der Waals surface area contributed by atoms with Crippen LogP contribution in [0.1, 0.15) is 36.9 Å². The average Bonchev–Trinajstić information content (AvgIpc) is 2.99. The minimum Gasteiger partial charge on any atom is -0.352 e. The molecule has 3 rings (SSSR count). The highest BCUT2D eigenvalue weighted by Gasteiger charge is 2.40. The van der Waals surface area contributed by atoms with Gasteiger partial charge >= 0.3 is 6.03 Å². The Morgan fingerprint density at radius 2 is 1.89 bits per heavy atom. The van der Waals surface area contributed by atoms with Crippen LogP contribution in [0.5, 0.6) is 0 Å². The normalized spacial score (nSPS) is 17.5. The molecule has 1 aliphatic heterocycles. The number of nitrogens with one attached hydrogen (secondary N) is 2. The minimum absolute atomic E-state index is 0.162. The maximum atomic E-state index is 12.6. The van der Waals surface area contributed by atoms with Gasteiger partial charge in [0.2, 0.25) is 5.91 Å². The van der Waals surface area contributed by atoms with Crippen molar-refractivity contribution in [1.29, 1.82) is 0 Å². The molecule has 0 bridgehead atoms. The van der Waals surface area contributed by atoms with E-state index in [1.165, 1.54) is 4.90 Å². The van der Waals surface area contributed by atoms with Crippen LogP contribution in [0.2, 0.25) is 0 Å². The third kappa shape index (κ3) is 4.49. The Balaban J connectivity index is 1.52. The highest BCUT2D eigenvalue weighted by atomic mass is 16.2. The highest BCUT2D eigenvalue weighted by molar-refractivity contribution is 6.04. The third-order valence-corrected chi connectivity index (χ3v) is 4.62. The first kappa shape index (κ1) is 18.6. The maximum absolute atomic E-state index is 12.6. The average molecular weight is 366 g/mol. The standard InChI is InChI=1S/C20H22N4O3/c1-14(16-5-3-2-4-6-16)24-19(26)17(23-20(24)27)7-8-18(25)22-13-15-9-11-21-12-10-15/h2-6,9-12,14,17H,7-8,13H2,1H3,(H,22,25)(H,23,27). The van der Waals surface area contributed by atoms with Crippen LogP contribution >= 0.6 is 0 Å². The molecule has 0 saturated carbocycles. The molecule has 1 aromatic heterocycles. The van der Waals surface area contributed by atoms with Crippen molar-refractivity contribution in [2.24, 2.45) is 0 Å². The first-order chi connectivity index (χ1) is 13.1. The summed E-state index contributed by atoms with van der Waals surface area (Å²) in [4.78, 5) is 42.1. The lowest BCUT2D eigenvalue weighted by Crippen LogP contribution is -2.34. The summed E-state index contributed by atoms with van der Waals surface area (Å²) in [6.07, 6.45) is 3.76. The summed E-state index contributed by atoms with van der Waals surface area (Å²) in [5, 5.41) is 5.49. The monoisotopic (exact) mass is 366 g/mol. The van der Waals surface area contributed by atoms with Gasteiger partial charge in [-0.3, -0.25) is 19.5 Å². The van der Waals surface area contributed by atoms with E-state index in [1.54, 1.807) is 12.4 Å². The van der Waals surface area contributed by atoms with Crippen molar-refractivity contribution in [2.45, 2.75) is 38.4 Å². The van der Waals surface area contributed by atoms with Gasteiger partial charge in [-0.1, -0.05) is 30.3 Å². The molecule has 1 aliphatic rings. The van der Waals surface area contributed by atoms with E-state index in [4.69, 9.17) is 0 Å². The zero-order chi connectivity index (χ0) is 19.2. The molecular formula is C20H22N4O3. The molecular weight excluding hydrogens is 344 g/mol. The quantitative estimate of drug-likeness (QED) is 0.735. The van der Waals surface area contributed by atoms with E-state index in [-0.39, 0.29) is 30.7 Å². The van der Waals surface area contributed by atoms with Crippen LogP contribution in [0.25, 0.3) is 0 Å². The summed E-state index contributed by atoms with van der Waals surface area (Å²) >= 11 is 0. The topological polar surface area (TPSA) is 91.4 Å². The summed E-state index contributed by atoms with van der Waals surface area (Å²) in [5.74, 6) is -0.457. The van der Waals surface area contributed by atoms with Gasteiger partial charge in [0.15, 0.2) is 0 Å². The molecule has 2 atom stereocenters. The zero-order valence-corrected chi connectivity index (χ0v) is 15.1. The van der Waals surface area contributed by atoms with Gasteiger partial charge in [-0.25, -0.2) is 4.79 Å². The van der Waals surface area contributed by atoms with Gasteiger partial charge in [-0.2, -0.15) is 0 Å². The van der Waals surface area contributed by atoms with Crippen LogP contribution in [0, 0.1) is 0 Å². The molecule has 2 aromatic rings. The molecule has 0 radical (unpaired) electrons. The van der Waals surface area contributed by atoms with Crippen LogP contribution in [-0.2, 0) is 16.1 Å². The van der Waals surface area contributed by atoms with Gasteiger partial charge in [0.25, 0.3) is 5.91 Å². The van der Waals surface area contributed by atoms with Gasteiger partial charge in [0, 0.05) is 25.4 Å². The second-order valence-corrected chi connectivity index (χ2v) is 6.47. The smallest absolute Gasteiger partial charge is 0.325 e. The SMILES string of the molecule is CC(c1ccccc1)N1C(=O)NC(CCC(=O)NCc2ccncc2)C1=O. The molecule has 27 heavy (non-hydrogen) atoms. The Morgan fingerprint density at radius 1 is 1.19 bits per heavy atom. The number of rotatable bonds is 7. The number of pyridine rings is 1. The van der Waals surface area contributed by atoms with Crippen LogP contribution in [-0.4, -0.2) is 33.8 Å². The molecule has 0 spiro atoms. The van der Waals surface area contributed by atoms with E-state index in [0.29, 0.717) is 6.54 Å². The number of nitrogens with zero attached hydrogens (tertiary/aromatic N) is 2. The zero-order valence-electron chi connectivity index (χ0n) is 15.1. The van der Waals surface area contributed by atoms with Crippen LogP contribution < -0.4 is 10.6 Å². The van der Waals surface area contributed by atoms with Gasteiger partial charge in [0.05, 0.1) is 6.04 Å². The first-order valence-corrected chi connectivity index (χ1v) is 8.90. The molecule has 1 fully saturated rings. The first-order valence-electron chi connectivity index (χ1n) is 8.90. The number of carbonyl (C=O) groups excluding carboxylic acids is 3. The second kappa shape index (κ2) is 8.44. The summed E-state index contributed by atoms with van der Waals surface area (Å²) < 4.78 is 0. The summed E-state index contributed by atoms with van der Waals surface area (Å²) in [6, 6.07) is 11.6. The maximum Gasteiger partial charge on any atom is 0.325 e. The Hall–Kier alpha value is -3.22. The van der Waals surface area contributed by atoms with Crippen LogP contribution in [0.15, 0.2) is 54.9 Å². The van der Waals surface area contributed by atoms with Crippen molar-refractivity contribution in [3.8, 4) is 0 Å². The number of benzene rings is 1. The predicted molar refractivity (Wildman–Crippen MR) is 99.3 cm³/mol. The number of carbonyl (C=O) groups is 3. The largest absolute Gasteiger partial charge is 0.352 e. The summed E-state index contributed by atoms with van der Waals surface area (Å²) in [5.41, 5.74) is 1.84. The minimum atomic E-state index is -0.671. The van der Waals surface area contributed by atoms with Gasteiger partial charge in [-0.15, -0.1) is 0 Å². The van der Waals surface area contributed by atoms with E-state index in [2.05, 4.69) is 15.6 Å². The molecule has 4 amide bonds. The molecule has 2 N–H and O–H groups in total. The fourth-order valence-corrected chi connectivity index (χ4v) is 3.06. The van der Waals surface area contributed by atoms with Crippen LogP contribution in [0.4, 0.5) is 4.79 Å². The van der Waals surface area contributed by atoms with Gasteiger partial charge in [0.1, 0.15) is 6.04 Å². The number of aromatic nitrogens is 1. The van der Waals surface area contributed by atoms with E-state index in [0.717, 1.165) is 11.1 Å². The number of hydrogen-bond acceptors (Lipinski definition) is 4. The van der Waals surface area contributed by atoms with Crippen molar-refractivity contribution in [2.75, 3.05) is 0 Å². The van der Waals surface area contributed by atoms with Crippen molar-refractivity contribution < 1.29 is 14.4 Å². The van der Waals surface area contributed by atoms with Crippen molar-refractivity contribution >= 4 is 17.8 Å². The molecule has 1 aromatic carbocycles. The Kier molecular flexibility index (Phi) is 5.80. The lowest BCUT2D eigenvalue weighted by Gasteiger charge is -2.21. The van der Waals surface area contributed by atoms with E-state index in [1.807, 2.05) is 49.4 Å². The highest BCUT2D eigenvalue weighted by Crippen LogP contribution is 2.25. The molecule has 1 saturated heterocycles. The molecule has 2 heterocycles. The molecule has 7 heteroatoms. The lowest BCUT2D eigenvalue weighted by atomic mass is 10.1. The van der Waals surface area contributed by atoms with E-state index >= 15 is 0 Å². The van der Waals surface area contributed by atoms with Crippen molar-refractivity contribution in [3.63, 3.8) is 0 Å². The number of amides is 4. The molecule has 0 aliphatic carbocycles. The predicted octanol–water partition coefficient (Wildman–Crippen LogP) is 2.16. The van der Waals surface area contributed by atoms with Crippen molar-refractivity contribution in [1.82, 2.24) is 20.5 Å². The van der Waals surface area contributed by atoms with Gasteiger partial charge < -0.3 is 10.6 Å². The third-order valence-electron chi connectivity index (χ3n) is 4.62. The fraction of sp³-hybridized carbons (Fsp3) is 0.300. The molecule has 7 nitrogen and oxygen atoms in total.